The molecule has 0 fully saturated rings. The van der Waals surface area contributed by atoms with Gasteiger partial charge in [0.15, 0.2) is 0 Å². The molecule has 0 aliphatic rings. The second-order valence-electron chi connectivity index (χ2n) is 2.27. The Morgan fingerprint density at radius 2 is 2.42 bits per heavy atom. The lowest BCUT2D eigenvalue weighted by Crippen LogP contribution is -2.02. The van der Waals surface area contributed by atoms with Crippen LogP contribution in [-0.4, -0.2) is 16.7 Å². The molecule has 0 saturated heterocycles. The molecule has 62 valence electrons. The van der Waals surface area contributed by atoms with Crippen LogP contribution in [-0.2, 0) is 0 Å². The molecular formula is C8H7BrN2O. The maximum absolute atomic E-state index is 8.77. The molecule has 0 amide bonds. The summed E-state index contributed by atoms with van der Waals surface area (Å²) in [5.74, 6) is -0.516. The molecule has 0 bridgehead atoms. The van der Waals surface area contributed by atoms with Gasteiger partial charge in [-0.05, 0) is 28.1 Å². The van der Waals surface area contributed by atoms with Gasteiger partial charge in [-0.2, -0.15) is 5.26 Å². The van der Waals surface area contributed by atoms with Gasteiger partial charge in [0.25, 0.3) is 0 Å². The molecule has 4 heteroatoms. The predicted molar refractivity (Wildman–Crippen MR) is 47.4 cm³/mol. The van der Waals surface area contributed by atoms with E-state index in [1.807, 2.05) is 6.07 Å². The maximum Gasteiger partial charge on any atom is 0.111 e. The van der Waals surface area contributed by atoms with E-state index in [-0.39, 0.29) is 6.61 Å². The molecule has 0 aliphatic heterocycles. The Labute approximate surface area is 78.8 Å². The fourth-order valence-corrected chi connectivity index (χ4v) is 1.03. The van der Waals surface area contributed by atoms with Crippen molar-refractivity contribution in [2.24, 2.45) is 0 Å². The molecule has 0 spiro atoms. The number of halogens is 1. The molecule has 0 aromatic carbocycles. The average molecular weight is 227 g/mol. The second kappa shape index (κ2) is 4.19. The summed E-state index contributed by atoms with van der Waals surface area (Å²) in [5.41, 5.74) is 0.600. The number of pyridine rings is 1. The number of nitriles is 1. The van der Waals surface area contributed by atoms with Gasteiger partial charge in [0.2, 0.25) is 0 Å². The number of rotatable bonds is 2. The number of nitrogens with zero attached hydrogens (tertiary/aromatic N) is 2. The molecule has 1 aromatic rings. The number of aromatic nitrogens is 1. The summed E-state index contributed by atoms with van der Waals surface area (Å²) in [7, 11) is 0. The van der Waals surface area contributed by atoms with Crippen LogP contribution in [0.2, 0.25) is 0 Å². The lowest BCUT2D eigenvalue weighted by molar-refractivity contribution is 0.284. The van der Waals surface area contributed by atoms with E-state index in [1.165, 1.54) is 0 Å². The van der Waals surface area contributed by atoms with Crippen molar-refractivity contribution in [3.63, 3.8) is 0 Å². The minimum Gasteiger partial charge on any atom is -0.395 e. The van der Waals surface area contributed by atoms with Gasteiger partial charge in [-0.1, -0.05) is 0 Å². The largest absolute Gasteiger partial charge is 0.395 e. The van der Waals surface area contributed by atoms with E-state index in [9.17, 15) is 0 Å². The van der Waals surface area contributed by atoms with Crippen molar-refractivity contribution < 1.29 is 5.11 Å². The third kappa shape index (κ3) is 2.03. The Morgan fingerprint density at radius 1 is 1.67 bits per heavy atom. The van der Waals surface area contributed by atoms with Crippen LogP contribution in [0.3, 0.4) is 0 Å². The van der Waals surface area contributed by atoms with Crippen LogP contribution in [0, 0.1) is 11.3 Å². The summed E-state index contributed by atoms with van der Waals surface area (Å²) in [4.78, 5) is 3.99. The van der Waals surface area contributed by atoms with Gasteiger partial charge in [-0.3, -0.25) is 4.98 Å². The van der Waals surface area contributed by atoms with Gasteiger partial charge >= 0.3 is 0 Å². The number of hydrogen-bond donors (Lipinski definition) is 1. The van der Waals surface area contributed by atoms with Crippen molar-refractivity contribution in [1.29, 1.82) is 5.26 Å². The Morgan fingerprint density at radius 3 is 2.83 bits per heavy atom. The Kier molecular flexibility index (Phi) is 3.20. The molecule has 3 nitrogen and oxygen atoms in total. The van der Waals surface area contributed by atoms with Crippen molar-refractivity contribution in [2.75, 3.05) is 6.61 Å². The topological polar surface area (TPSA) is 56.9 Å². The molecule has 1 unspecified atom stereocenters. The monoisotopic (exact) mass is 226 g/mol. The molecule has 0 saturated carbocycles. The van der Waals surface area contributed by atoms with Crippen LogP contribution in [0.15, 0.2) is 22.8 Å². The van der Waals surface area contributed by atoms with Gasteiger partial charge in [0, 0.05) is 10.7 Å². The van der Waals surface area contributed by atoms with Crippen LogP contribution >= 0.6 is 15.9 Å². The average Bonchev–Trinajstić information content (AvgIpc) is 2.10. The smallest absolute Gasteiger partial charge is 0.111 e. The van der Waals surface area contributed by atoms with Crippen LogP contribution < -0.4 is 0 Å². The number of hydrogen-bond acceptors (Lipinski definition) is 3. The first-order chi connectivity index (χ1) is 5.77. The Bertz CT molecular complexity index is 291. The molecule has 12 heavy (non-hydrogen) atoms. The van der Waals surface area contributed by atoms with E-state index in [1.54, 1.807) is 18.3 Å². The fraction of sp³-hybridized carbons (Fsp3) is 0.250. The fourth-order valence-electron chi connectivity index (χ4n) is 0.794. The predicted octanol–water partition coefficient (Wildman–Crippen LogP) is 1.44. The van der Waals surface area contributed by atoms with E-state index in [0.29, 0.717) is 5.69 Å². The van der Waals surface area contributed by atoms with E-state index in [2.05, 4.69) is 20.9 Å². The molecular weight excluding hydrogens is 220 g/mol. The van der Waals surface area contributed by atoms with Gasteiger partial charge in [0.1, 0.15) is 5.92 Å². The summed E-state index contributed by atoms with van der Waals surface area (Å²) in [6, 6.07) is 5.47. The van der Waals surface area contributed by atoms with E-state index >= 15 is 0 Å². The summed E-state index contributed by atoms with van der Waals surface area (Å²) in [6.45, 7) is -0.189. The quantitative estimate of drug-likeness (QED) is 0.831. The zero-order chi connectivity index (χ0) is 8.97. The van der Waals surface area contributed by atoms with Crippen molar-refractivity contribution in [2.45, 2.75) is 5.92 Å². The summed E-state index contributed by atoms with van der Waals surface area (Å²) < 4.78 is 0.862. The molecule has 0 aliphatic carbocycles. The van der Waals surface area contributed by atoms with Gasteiger partial charge in [-0.15, -0.1) is 0 Å². The van der Waals surface area contributed by atoms with E-state index < -0.39 is 5.92 Å². The van der Waals surface area contributed by atoms with Crippen molar-refractivity contribution in [3.8, 4) is 6.07 Å². The standard InChI is InChI=1S/C8H7BrN2O/c9-7-1-2-8(11-4-7)6(3-10)5-12/h1-2,4,6,12H,5H2. The van der Waals surface area contributed by atoms with Crippen molar-refractivity contribution in [3.05, 3.63) is 28.5 Å². The van der Waals surface area contributed by atoms with Crippen LogP contribution in [0.4, 0.5) is 0 Å². The first-order valence-corrected chi connectivity index (χ1v) is 4.19. The van der Waals surface area contributed by atoms with E-state index in [4.69, 9.17) is 10.4 Å². The van der Waals surface area contributed by atoms with Crippen molar-refractivity contribution in [1.82, 2.24) is 4.98 Å². The highest BCUT2D eigenvalue weighted by molar-refractivity contribution is 9.10. The highest BCUT2D eigenvalue weighted by atomic mass is 79.9. The van der Waals surface area contributed by atoms with Crippen LogP contribution in [0.5, 0.6) is 0 Å². The SMILES string of the molecule is N#CC(CO)c1ccc(Br)cn1. The summed E-state index contributed by atoms with van der Waals surface area (Å²) >= 11 is 3.23. The normalized spacial score (nSPS) is 12.1. The minimum absolute atomic E-state index is 0.189. The third-order valence-electron chi connectivity index (χ3n) is 1.45. The first kappa shape index (κ1) is 9.17. The van der Waals surface area contributed by atoms with Gasteiger partial charge in [-0.25, -0.2) is 0 Å². The molecule has 1 heterocycles. The highest BCUT2D eigenvalue weighted by Crippen LogP contribution is 2.14. The van der Waals surface area contributed by atoms with Crippen LogP contribution in [0.25, 0.3) is 0 Å². The van der Waals surface area contributed by atoms with Crippen molar-refractivity contribution >= 4 is 15.9 Å². The second-order valence-corrected chi connectivity index (χ2v) is 3.18. The Hall–Kier alpha value is -0.920. The summed E-state index contributed by atoms with van der Waals surface area (Å²) in [5, 5.41) is 17.4. The lowest BCUT2D eigenvalue weighted by Gasteiger charge is -2.03. The maximum atomic E-state index is 8.77. The number of aliphatic hydroxyl groups excluding tert-OH is 1. The molecule has 0 radical (unpaired) electrons. The first-order valence-electron chi connectivity index (χ1n) is 3.40. The van der Waals surface area contributed by atoms with Crippen LogP contribution in [0.1, 0.15) is 11.6 Å². The molecule has 1 rings (SSSR count). The Balaban J connectivity index is 2.89. The highest BCUT2D eigenvalue weighted by Gasteiger charge is 2.09. The lowest BCUT2D eigenvalue weighted by atomic mass is 10.1. The summed E-state index contributed by atoms with van der Waals surface area (Å²) in [6.07, 6.45) is 1.61. The van der Waals surface area contributed by atoms with Gasteiger partial charge in [0.05, 0.1) is 18.4 Å². The zero-order valence-corrected chi connectivity index (χ0v) is 7.82. The minimum atomic E-state index is -0.516. The van der Waals surface area contributed by atoms with Gasteiger partial charge < -0.3 is 5.11 Å². The molecule has 1 N–H and O–H groups in total. The zero-order valence-electron chi connectivity index (χ0n) is 6.24. The van der Waals surface area contributed by atoms with E-state index in [0.717, 1.165) is 4.47 Å². The number of aliphatic hydroxyl groups is 1. The molecule has 1 atom stereocenters. The third-order valence-corrected chi connectivity index (χ3v) is 1.91. The molecule has 1 aromatic heterocycles.